The van der Waals surface area contributed by atoms with Gasteiger partial charge in [0.05, 0.1) is 0 Å². The fourth-order valence-corrected chi connectivity index (χ4v) is 1.22. The summed E-state index contributed by atoms with van der Waals surface area (Å²) in [5.74, 6) is -2.98. The van der Waals surface area contributed by atoms with Crippen molar-refractivity contribution in [3.63, 3.8) is 0 Å². The van der Waals surface area contributed by atoms with E-state index >= 15 is 0 Å². The molecule has 1 heterocycles. The normalized spacial score (nSPS) is 22.9. The highest BCUT2D eigenvalue weighted by molar-refractivity contribution is 5.85. The number of esters is 1. The molecule has 15 heavy (non-hydrogen) atoms. The minimum atomic E-state index is -5.05. The number of hydrogen-bond acceptors (Lipinski definition) is 3. The summed E-state index contributed by atoms with van der Waals surface area (Å²) < 4.78 is 39.6. The first-order valence-electron chi connectivity index (χ1n) is 4.47. The van der Waals surface area contributed by atoms with Gasteiger partial charge in [0.2, 0.25) is 0 Å². The predicted octanol–water partition coefficient (Wildman–Crippen LogP) is 0.761. The van der Waals surface area contributed by atoms with E-state index in [0.717, 1.165) is 0 Å². The van der Waals surface area contributed by atoms with E-state index in [1.807, 2.05) is 0 Å². The number of ether oxygens (including phenoxy) is 1. The number of carbonyl (C=O) groups excluding carboxylic acids is 2. The molecule has 1 saturated heterocycles. The van der Waals surface area contributed by atoms with E-state index in [9.17, 15) is 22.8 Å². The van der Waals surface area contributed by atoms with Crippen molar-refractivity contribution >= 4 is 11.9 Å². The molecule has 1 unspecified atom stereocenters. The lowest BCUT2D eigenvalue weighted by Gasteiger charge is -2.15. The maximum absolute atomic E-state index is 11.8. The Morgan fingerprint density at radius 1 is 1.40 bits per heavy atom. The number of alkyl halides is 3. The first kappa shape index (κ1) is 11.8. The number of halogens is 3. The molecule has 4 nitrogen and oxygen atoms in total. The lowest BCUT2D eigenvalue weighted by molar-refractivity contribution is -0.205. The highest BCUT2D eigenvalue weighted by atomic mass is 19.4. The zero-order valence-electron chi connectivity index (χ0n) is 7.76. The molecule has 86 valence electrons. The van der Waals surface area contributed by atoms with Crippen molar-refractivity contribution in [1.82, 2.24) is 5.32 Å². The van der Waals surface area contributed by atoms with Crippen LogP contribution in [-0.4, -0.2) is 30.7 Å². The quantitative estimate of drug-likeness (QED) is 0.670. The SMILES string of the molecule is O=C1NCCCCC1OC(=O)C(F)(F)F. The van der Waals surface area contributed by atoms with Crippen molar-refractivity contribution in [2.45, 2.75) is 31.5 Å². The van der Waals surface area contributed by atoms with Gasteiger partial charge in [-0.2, -0.15) is 13.2 Å². The Kier molecular flexibility index (Phi) is 3.54. The predicted molar refractivity (Wildman–Crippen MR) is 42.8 cm³/mol. The molecule has 1 atom stereocenters. The Labute approximate surface area is 83.8 Å². The summed E-state index contributed by atoms with van der Waals surface area (Å²) >= 11 is 0. The third-order valence-corrected chi connectivity index (χ3v) is 1.97. The van der Waals surface area contributed by atoms with Crippen molar-refractivity contribution in [3.05, 3.63) is 0 Å². The summed E-state index contributed by atoms with van der Waals surface area (Å²) in [6.07, 6.45) is -5.01. The molecule has 0 saturated carbocycles. The van der Waals surface area contributed by atoms with Crippen LogP contribution in [0.5, 0.6) is 0 Å². The van der Waals surface area contributed by atoms with Crippen LogP contribution in [0.1, 0.15) is 19.3 Å². The molecule has 1 N–H and O–H groups in total. The molecule has 1 aliphatic rings. The molecular weight excluding hydrogens is 215 g/mol. The van der Waals surface area contributed by atoms with Crippen molar-refractivity contribution < 1.29 is 27.5 Å². The van der Waals surface area contributed by atoms with Crippen LogP contribution in [0.15, 0.2) is 0 Å². The molecule has 0 bridgehead atoms. The van der Waals surface area contributed by atoms with Gasteiger partial charge in [-0.05, 0) is 19.3 Å². The Hall–Kier alpha value is -1.27. The first-order chi connectivity index (χ1) is 6.91. The van der Waals surface area contributed by atoms with Crippen LogP contribution in [0, 0.1) is 0 Å². The zero-order chi connectivity index (χ0) is 11.5. The van der Waals surface area contributed by atoms with E-state index in [4.69, 9.17) is 0 Å². The molecule has 1 amide bonds. The van der Waals surface area contributed by atoms with Crippen LogP contribution in [-0.2, 0) is 14.3 Å². The Morgan fingerprint density at radius 3 is 2.67 bits per heavy atom. The van der Waals surface area contributed by atoms with Gasteiger partial charge in [-0.1, -0.05) is 0 Å². The minimum absolute atomic E-state index is 0.133. The molecule has 1 rings (SSSR count). The molecular formula is C8H10F3NO3. The molecule has 0 aromatic carbocycles. The monoisotopic (exact) mass is 225 g/mol. The summed E-state index contributed by atoms with van der Waals surface area (Å²) in [4.78, 5) is 21.6. The van der Waals surface area contributed by atoms with E-state index in [0.29, 0.717) is 19.4 Å². The zero-order valence-corrected chi connectivity index (χ0v) is 7.76. The van der Waals surface area contributed by atoms with Gasteiger partial charge >= 0.3 is 12.1 Å². The van der Waals surface area contributed by atoms with Crippen LogP contribution in [0.25, 0.3) is 0 Å². The van der Waals surface area contributed by atoms with Crippen LogP contribution in [0.2, 0.25) is 0 Å². The first-order valence-corrected chi connectivity index (χ1v) is 4.47. The Bertz CT molecular complexity index is 264. The molecule has 7 heteroatoms. The number of rotatable bonds is 1. The van der Waals surface area contributed by atoms with E-state index in [-0.39, 0.29) is 6.42 Å². The van der Waals surface area contributed by atoms with Gasteiger partial charge in [0.1, 0.15) is 0 Å². The molecule has 0 aromatic rings. The maximum Gasteiger partial charge on any atom is 0.490 e. The number of amides is 1. The van der Waals surface area contributed by atoms with E-state index < -0.39 is 24.2 Å². The summed E-state index contributed by atoms with van der Waals surface area (Å²) in [6.45, 7) is 0.402. The van der Waals surface area contributed by atoms with E-state index in [1.54, 1.807) is 0 Å². The second-order valence-corrected chi connectivity index (χ2v) is 3.18. The van der Waals surface area contributed by atoms with E-state index in [2.05, 4.69) is 10.1 Å². The summed E-state index contributed by atoms with van der Waals surface area (Å²) in [6, 6.07) is 0. The highest BCUT2D eigenvalue weighted by Gasteiger charge is 2.43. The smallest absolute Gasteiger partial charge is 0.446 e. The van der Waals surface area contributed by atoms with Gasteiger partial charge in [0, 0.05) is 6.54 Å². The van der Waals surface area contributed by atoms with Gasteiger partial charge in [-0.25, -0.2) is 4.79 Å². The van der Waals surface area contributed by atoms with Crippen LogP contribution in [0.4, 0.5) is 13.2 Å². The van der Waals surface area contributed by atoms with Gasteiger partial charge in [0.25, 0.3) is 5.91 Å². The minimum Gasteiger partial charge on any atom is -0.446 e. The lowest BCUT2D eigenvalue weighted by atomic mass is 10.2. The van der Waals surface area contributed by atoms with Crippen LogP contribution in [0.3, 0.4) is 0 Å². The third kappa shape index (κ3) is 3.41. The number of hydrogen-bond donors (Lipinski definition) is 1. The van der Waals surface area contributed by atoms with Gasteiger partial charge in [-0.3, -0.25) is 4.79 Å². The van der Waals surface area contributed by atoms with Gasteiger partial charge in [0.15, 0.2) is 6.10 Å². The Balaban J connectivity index is 2.56. The highest BCUT2D eigenvalue weighted by Crippen LogP contribution is 2.19. The van der Waals surface area contributed by atoms with Crippen molar-refractivity contribution in [2.24, 2.45) is 0 Å². The molecule has 0 spiro atoms. The number of carbonyl (C=O) groups is 2. The average Bonchev–Trinajstić information content (AvgIpc) is 2.30. The second-order valence-electron chi connectivity index (χ2n) is 3.18. The maximum atomic E-state index is 11.8. The summed E-state index contributed by atoms with van der Waals surface area (Å²) in [7, 11) is 0. The second kappa shape index (κ2) is 4.50. The van der Waals surface area contributed by atoms with E-state index in [1.165, 1.54) is 0 Å². The lowest BCUT2D eigenvalue weighted by Crippen LogP contribution is -2.39. The molecule has 1 aliphatic heterocycles. The molecule has 1 fully saturated rings. The topological polar surface area (TPSA) is 55.4 Å². The van der Waals surface area contributed by atoms with Crippen molar-refractivity contribution in [3.8, 4) is 0 Å². The summed E-state index contributed by atoms with van der Waals surface area (Å²) in [5, 5.41) is 2.37. The van der Waals surface area contributed by atoms with Crippen LogP contribution >= 0.6 is 0 Å². The fraction of sp³-hybridized carbons (Fsp3) is 0.750. The molecule has 0 aliphatic carbocycles. The van der Waals surface area contributed by atoms with Gasteiger partial charge in [-0.15, -0.1) is 0 Å². The standard InChI is InChI=1S/C8H10F3NO3/c9-8(10,11)7(14)15-5-3-1-2-4-12-6(5)13/h5H,1-4H2,(H,12,13). The number of nitrogens with one attached hydrogen (secondary N) is 1. The molecule has 0 radical (unpaired) electrons. The summed E-state index contributed by atoms with van der Waals surface area (Å²) in [5.41, 5.74) is 0. The van der Waals surface area contributed by atoms with Crippen molar-refractivity contribution in [2.75, 3.05) is 6.54 Å². The third-order valence-electron chi connectivity index (χ3n) is 1.97. The Morgan fingerprint density at radius 2 is 2.07 bits per heavy atom. The van der Waals surface area contributed by atoms with Crippen molar-refractivity contribution in [1.29, 1.82) is 0 Å². The average molecular weight is 225 g/mol. The van der Waals surface area contributed by atoms with Crippen LogP contribution < -0.4 is 5.32 Å². The van der Waals surface area contributed by atoms with Gasteiger partial charge < -0.3 is 10.1 Å². The fourth-order valence-electron chi connectivity index (χ4n) is 1.22. The molecule has 0 aromatic heterocycles. The largest absolute Gasteiger partial charge is 0.490 e.